The molecule has 0 aliphatic heterocycles. The second-order valence-corrected chi connectivity index (χ2v) is 8.10. The Labute approximate surface area is 224 Å². The molecule has 0 unspecified atom stereocenters. The molecule has 0 aliphatic carbocycles. The molecule has 0 radical (unpaired) electrons. The number of thioether (sulfide) groups is 1. The van der Waals surface area contributed by atoms with Gasteiger partial charge in [-0.15, -0.1) is 11.8 Å². The molecule has 164 valence electrons. The fraction of sp³-hybridized carbons (Fsp3) is 0.320. The van der Waals surface area contributed by atoms with Gasteiger partial charge in [0.25, 0.3) is 0 Å². The van der Waals surface area contributed by atoms with Gasteiger partial charge in [0.1, 0.15) is 12.4 Å². The van der Waals surface area contributed by atoms with Crippen molar-refractivity contribution in [2.75, 3.05) is 19.5 Å². The van der Waals surface area contributed by atoms with Crippen LogP contribution in [0.5, 0.6) is 5.75 Å². The monoisotopic (exact) mass is 479 g/mol. The fourth-order valence-electron chi connectivity index (χ4n) is 3.49. The minimum Gasteiger partial charge on any atom is -0.492 e. The normalized spacial score (nSPS) is 11.6. The van der Waals surface area contributed by atoms with Gasteiger partial charge in [0.2, 0.25) is 0 Å². The minimum atomic E-state index is -0.942. The molecular formula is C25H29CaNO4S+2. The SMILES string of the molecule is CCO[C@@H](Cc1ccc(OCCn2c(C)ccc2-c2ccc(SC)cc2)cc1)C(=O)O.[Ca+2]. The number of ether oxygens (including phenoxy) is 2. The van der Waals surface area contributed by atoms with E-state index in [2.05, 4.69) is 54.1 Å². The molecule has 0 bridgehead atoms. The Morgan fingerprint density at radius 3 is 2.34 bits per heavy atom. The zero-order valence-corrected chi connectivity index (χ0v) is 21.9. The second kappa shape index (κ2) is 13.3. The van der Waals surface area contributed by atoms with Crippen LogP contribution in [0.3, 0.4) is 0 Å². The van der Waals surface area contributed by atoms with Crippen LogP contribution in [-0.4, -0.2) is 79.0 Å². The third-order valence-corrected chi connectivity index (χ3v) is 5.90. The van der Waals surface area contributed by atoms with Crippen LogP contribution in [0.4, 0.5) is 0 Å². The first-order valence-electron chi connectivity index (χ1n) is 10.4. The van der Waals surface area contributed by atoms with Crippen LogP contribution in [0.2, 0.25) is 0 Å². The van der Waals surface area contributed by atoms with E-state index in [1.54, 1.807) is 18.7 Å². The summed E-state index contributed by atoms with van der Waals surface area (Å²) in [7, 11) is 0. The van der Waals surface area contributed by atoms with Crippen LogP contribution < -0.4 is 4.74 Å². The molecule has 1 aromatic heterocycles. The van der Waals surface area contributed by atoms with Crippen LogP contribution in [0.25, 0.3) is 11.3 Å². The third kappa shape index (κ3) is 7.29. The van der Waals surface area contributed by atoms with Gasteiger partial charge in [-0.3, -0.25) is 0 Å². The summed E-state index contributed by atoms with van der Waals surface area (Å²) in [6.07, 6.45) is 1.59. The van der Waals surface area contributed by atoms with Gasteiger partial charge in [0, 0.05) is 29.3 Å². The topological polar surface area (TPSA) is 60.7 Å². The third-order valence-electron chi connectivity index (χ3n) is 5.16. The number of carboxylic acid groups (broad SMARTS) is 1. The van der Waals surface area contributed by atoms with E-state index in [1.165, 1.54) is 21.8 Å². The molecule has 1 atom stereocenters. The van der Waals surface area contributed by atoms with Gasteiger partial charge >= 0.3 is 43.7 Å². The molecular weight excluding hydrogens is 450 g/mol. The van der Waals surface area contributed by atoms with E-state index < -0.39 is 12.1 Å². The molecule has 5 nitrogen and oxygen atoms in total. The van der Waals surface area contributed by atoms with Gasteiger partial charge < -0.3 is 19.1 Å². The molecule has 32 heavy (non-hydrogen) atoms. The Kier molecular flexibility index (Phi) is 11.2. The Morgan fingerprint density at radius 1 is 1.06 bits per heavy atom. The Hall–Kier alpha value is -1.44. The van der Waals surface area contributed by atoms with E-state index in [1.807, 2.05) is 24.3 Å². The number of hydrogen-bond acceptors (Lipinski definition) is 4. The molecule has 0 saturated carbocycles. The van der Waals surface area contributed by atoms with E-state index in [0.717, 1.165) is 17.9 Å². The predicted molar refractivity (Wildman–Crippen MR) is 131 cm³/mol. The Balaban J connectivity index is 0.00000363. The second-order valence-electron chi connectivity index (χ2n) is 7.22. The molecule has 0 aliphatic rings. The van der Waals surface area contributed by atoms with Crippen molar-refractivity contribution in [1.82, 2.24) is 4.57 Å². The maximum Gasteiger partial charge on any atom is 2.00 e. The first-order chi connectivity index (χ1) is 15.0. The number of hydrogen-bond donors (Lipinski definition) is 1. The molecule has 3 rings (SSSR count). The van der Waals surface area contributed by atoms with Crippen molar-refractivity contribution in [3.8, 4) is 17.0 Å². The average Bonchev–Trinajstić information content (AvgIpc) is 3.15. The van der Waals surface area contributed by atoms with Gasteiger partial charge in [-0.05, 0) is 67.6 Å². The molecule has 0 fully saturated rings. The molecule has 3 aromatic rings. The summed E-state index contributed by atoms with van der Waals surface area (Å²) in [5.41, 5.74) is 4.47. The maximum atomic E-state index is 11.3. The van der Waals surface area contributed by atoms with Gasteiger partial charge in [-0.2, -0.15) is 0 Å². The fourth-order valence-corrected chi connectivity index (χ4v) is 3.90. The van der Waals surface area contributed by atoms with Gasteiger partial charge in [-0.1, -0.05) is 24.3 Å². The van der Waals surface area contributed by atoms with Crippen molar-refractivity contribution >= 4 is 55.5 Å². The van der Waals surface area contributed by atoms with Crippen LogP contribution in [0.15, 0.2) is 65.6 Å². The van der Waals surface area contributed by atoms with E-state index in [-0.39, 0.29) is 37.7 Å². The number of nitrogens with zero attached hydrogens (tertiary/aromatic N) is 1. The summed E-state index contributed by atoms with van der Waals surface area (Å²) in [4.78, 5) is 12.5. The van der Waals surface area contributed by atoms with Crippen LogP contribution >= 0.6 is 11.8 Å². The number of carbonyl (C=O) groups is 1. The van der Waals surface area contributed by atoms with Crippen molar-refractivity contribution in [1.29, 1.82) is 0 Å². The largest absolute Gasteiger partial charge is 2.00 e. The average molecular weight is 480 g/mol. The molecule has 7 heteroatoms. The summed E-state index contributed by atoms with van der Waals surface area (Å²) in [5.74, 6) is -0.175. The van der Waals surface area contributed by atoms with Crippen molar-refractivity contribution in [3.63, 3.8) is 0 Å². The smallest absolute Gasteiger partial charge is 0.492 e. The number of benzene rings is 2. The van der Waals surface area contributed by atoms with Gasteiger partial charge in [0.15, 0.2) is 6.10 Å². The van der Waals surface area contributed by atoms with Crippen molar-refractivity contribution in [2.45, 2.75) is 37.8 Å². The number of aromatic nitrogens is 1. The number of aryl methyl sites for hydroxylation is 1. The number of aliphatic carboxylic acids is 1. The molecule has 1 heterocycles. The number of rotatable bonds is 11. The molecule has 0 amide bonds. The first kappa shape index (κ1) is 26.8. The van der Waals surface area contributed by atoms with E-state index >= 15 is 0 Å². The Bertz CT molecular complexity index is 986. The quantitative estimate of drug-likeness (QED) is 0.313. The Morgan fingerprint density at radius 2 is 1.75 bits per heavy atom. The maximum absolute atomic E-state index is 11.3. The van der Waals surface area contributed by atoms with E-state index in [4.69, 9.17) is 9.47 Å². The summed E-state index contributed by atoms with van der Waals surface area (Å²) >= 11 is 1.74. The molecule has 0 saturated heterocycles. The summed E-state index contributed by atoms with van der Waals surface area (Å²) in [5, 5.41) is 9.23. The van der Waals surface area contributed by atoms with Crippen molar-refractivity contribution in [2.24, 2.45) is 0 Å². The standard InChI is InChI=1S/C25H29NO4S.Ca/c1-4-29-24(25(27)28)17-19-6-10-21(11-7-19)30-16-15-26-18(2)5-14-23(26)20-8-12-22(31-3)13-9-20;/h5-14,24H,4,15-17H2,1-3H3,(H,27,28);/q;+2/t24-;/m0./s1. The van der Waals surface area contributed by atoms with Crippen LogP contribution in [-0.2, 0) is 22.5 Å². The summed E-state index contributed by atoms with van der Waals surface area (Å²) in [6.45, 7) is 5.56. The number of carboxylic acids is 1. The van der Waals surface area contributed by atoms with Crippen LogP contribution in [0.1, 0.15) is 18.2 Å². The zero-order chi connectivity index (χ0) is 22.2. The predicted octanol–water partition coefficient (Wildman–Crippen LogP) is 4.92. The molecule has 1 N–H and O–H groups in total. The van der Waals surface area contributed by atoms with Crippen LogP contribution in [0, 0.1) is 6.92 Å². The zero-order valence-electron chi connectivity index (χ0n) is 18.9. The van der Waals surface area contributed by atoms with Gasteiger partial charge in [-0.25, -0.2) is 4.79 Å². The van der Waals surface area contributed by atoms with Crippen molar-refractivity contribution in [3.05, 3.63) is 71.9 Å². The van der Waals surface area contributed by atoms with Crippen molar-refractivity contribution < 1.29 is 19.4 Å². The minimum absolute atomic E-state index is 0. The summed E-state index contributed by atoms with van der Waals surface area (Å²) < 4.78 is 13.5. The first-order valence-corrected chi connectivity index (χ1v) is 11.6. The van der Waals surface area contributed by atoms with Gasteiger partial charge in [0.05, 0.1) is 6.54 Å². The molecule has 2 aromatic carbocycles. The van der Waals surface area contributed by atoms with E-state index in [9.17, 15) is 9.90 Å². The van der Waals surface area contributed by atoms with E-state index in [0.29, 0.717) is 19.6 Å². The summed E-state index contributed by atoms with van der Waals surface area (Å²) in [6, 6.07) is 20.4. The molecule has 0 spiro atoms.